The van der Waals surface area contributed by atoms with Crippen molar-refractivity contribution in [3.8, 4) is 0 Å². The maximum atomic E-state index is 12.7. The number of benzene rings is 1. The van der Waals surface area contributed by atoms with Crippen molar-refractivity contribution in [2.24, 2.45) is 0 Å². The highest BCUT2D eigenvalue weighted by molar-refractivity contribution is 7.84. The van der Waals surface area contributed by atoms with Gasteiger partial charge in [0.15, 0.2) is 0 Å². The van der Waals surface area contributed by atoms with Crippen LogP contribution < -0.4 is 0 Å². The van der Waals surface area contributed by atoms with Gasteiger partial charge in [0, 0.05) is 6.54 Å². The monoisotopic (exact) mass is 277 g/mol. The molecule has 0 radical (unpaired) electrons. The summed E-state index contributed by atoms with van der Waals surface area (Å²) in [6.07, 6.45) is 5.37. The molecule has 0 aromatic heterocycles. The predicted octanol–water partition coefficient (Wildman–Crippen LogP) is 3.76. The van der Waals surface area contributed by atoms with E-state index < -0.39 is 11.0 Å². The zero-order chi connectivity index (χ0) is 14.0. The molecule has 1 aromatic carbocycles. The van der Waals surface area contributed by atoms with Crippen LogP contribution in [0, 0.1) is 6.92 Å². The van der Waals surface area contributed by atoms with Crippen LogP contribution in [-0.4, -0.2) is 19.8 Å². The average molecular weight is 277 g/mol. The Balaban J connectivity index is 2.37. The van der Waals surface area contributed by atoms with Crippen LogP contribution in [0.4, 0.5) is 0 Å². The lowest BCUT2D eigenvalue weighted by atomic mass is 9.99. The first-order valence-corrected chi connectivity index (χ1v) is 7.93. The standard InChI is InChI=1S/C16H23NOS/c1-13-9-5-6-10-14(13)15-11-7-8-12-17(15)19(18)16(2,3)4/h5-7,9-11,15H,8,12H2,1-4H3/t15-,19?/m0/s1. The minimum Gasteiger partial charge on any atom is -0.242 e. The van der Waals surface area contributed by atoms with Crippen molar-refractivity contribution in [1.29, 1.82) is 0 Å². The maximum Gasteiger partial charge on any atom is 0.101 e. The molecule has 19 heavy (non-hydrogen) atoms. The first-order chi connectivity index (χ1) is 8.91. The number of hydrogen-bond donors (Lipinski definition) is 0. The molecule has 0 amide bonds. The third kappa shape index (κ3) is 3.15. The van der Waals surface area contributed by atoms with Gasteiger partial charge in [-0.1, -0.05) is 36.4 Å². The normalized spacial score (nSPS) is 22.4. The average Bonchev–Trinajstić information content (AvgIpc) is 2.37. The van der Waals surface area contributed by atoms with Gasteiger partial charge in [0.1, 0.15) is 11.0 Å². The zero-order valence-electron chi connectivity index (χ0n) is 12.2. The van der Waals surface area contributed by atoms with E-state index in [0.717, 1.165) is 13.0 Å². The van der Waals surface area contributed by atoms with Crippen LogP contribution in [0.3, 0.4) is 0 Å². The molecule has 1 unspecified atom stereocenters. The van der Waals surface area contributed by atoms with Crippen LogP contribution in [0.1, 0.15) is 44.4 Å². The highest BCUT2D eigenvalue weighted by Crippen LogP contribution is 2.32. The molecule has 0 bridgehead atoms. The van der Waals surface area contributed by atoms with Crippen LogP contribution in [-0.2, 0) is 11.0 Å². The summed E-state index contributed by atoms with van der Waals surface area (Å²) in [5, 5.41) is 0. The molecule has 0 aliphatic carbocycles. The summed E-state index contributed by atoms with van der Waals surface area (Å²) >= 11 is 0. The summed E-state index contributed by atoms with van der Waals surface area (Å²) in [6, 6.07) is 8.51. The Morgan fingerprint density at radius 1 is 1.26 bits per heavy atom. The van der Waals surface area contributed by atoms with E-state index in [9.17, 15) is 4.21 Å². The predicted molar refractivity (Wildman–Crippen MR) is 82.3 cm³/mol. The first kappa shape index (κ1) is 14.5. The van der Waals surface area contributed by atoms with Gasteiger partial charge >= 0.3 is 0 Å². The Labute approximate surface area is 119 Å². The van der Waals surface area contributed by atoms with Crippen molar-refractivity contribution < 1.29 is 4.21 Å². The molecule has 104 valence electrons. The highest BCUT2D eigenvalue weighted by atomic mass is 32.2. The van der Waals surface area contributed by atoms with E-state index in [0.29, 0.717) is 0 Å². The largest absolute Gasteiger partial charge is 0.242 e. The lowest BCUT2D eigenvalue weighted by molar-refractivity contribution is 0.374. The molecule has 1 aromatic rings. The van der Waals surface area contributed by atoms with Gasteiger partial charge in [-0.25, -0.2) is 8.51 Å². The van der Waals surface area contributed by atoms with Gasteiger partial charge in [-0.15, -0.1) is 0 Å². The van der Waals surface area contributed by atoms with Gasteiger partial charge in [-0.3, -0.25) is 0 Å². The van der Waals surface area contributed by atoms with Gasteiger partial charge < -0.3 is 0 Å². The minimum absolute atomic E-state index is 0.134. The third-order valence-corrected chi connectivity index (χ3v) is 5.27. The summed E-state index contributed by atoms with van der Waals surface area (Å²) in [4.78, 5) is 0. The van der Waals surface area contributed by atoms with Gasteiger partial charge in [0.25, 0.3) is 0 Å². The van der Waals surface area contributed by atoms with Gasteiger partial charge in [-0.05, 0) is 45.2 Å². The molecule has 0 N–H and O–H groups in total. The summed E-state index contributed by atoms with van der Waals surface area (Å²) in [6.45, 7) is 9.10. The van der Waals surface area contributed by atoms with Crippen molar-refractivity contribution in [2.75, 3.05) is 6.54 Å². The van der Waals surface area contributed by atoms with Crippen molar-refractivity contribution in [3.05, 3.63) is 47.5 Å². The summed E-state index contributed by atoms with van der Waals surface area (Å²) < 4.78 is 14.6. The number of nitrogens with zero attached hydrogens (tertiary/aromatic N) is 1. The van der Waals surface area contributed by atoms with Crippen molar-refractivity contribution in [3.63, 3.8) is 0 Å². The van der Waals surface area contributed by atoms with E-state index in [1.807, 2.05) is 20.8 Å². The second-order valence-electron chi connectivity index (χ2n) is 6.02. The molecule has 0 fully saturated rings. The SMILES string of the molecule is Cc1ccccc1[C@@H]1C=CCCN1S(=O)C(C)(C)C. The molecule has 3 heteroatoms. The zero-order valence-corrected chi connectivity index (χ0v) is 13.0. The van der Waals surface area contributed by atoms with Crippen LogP contribution in [0.5, 0.6) is 0 Å². The van der Waals surface area contributed by atoms with Crippen molar-refractivity contribution in [1.82, 2.24) is 4.31 Å². The fourth-order valence-electron chi connectivity index (χ4n) is 2.38. The van der Waals surface area contributed by atoms with E-state index in [1.165, 1.54) is 11.1 Å². The quantitative estimate of drug-likeness (QED) is 0.754. The van der Waals surface area contributed by atoms with Crippen LogP contribution in [0.15, 0.2) is 36.4 Å². The fourth-order valence-corrected chi connectivity index (χ4v) is 3.74. The Kier molecular flexibility index (Phi) is 4.26. The lowest BCUT2D eigenvalue weighted by Gasteiger charge is -2.36. The number of hydrogen-bond acceptors (Lipinski definition) is 1. The van der Waals surface area contributed by atoms with Crippen LogP contribution in [0.2, 0.25) is 0 Å². The molecule has 1 aliphatic heterocycles. The first-order valence-electron chi connectivity index (χ1n) is 6.82. The molecule has 0 saturated carbocycles. The smallest absolute Gasteiger partial charge is 0.101 e. The van der Waals surface area contributed by atoms with Crippen molar-refractivity contribution >= 4 is 11.0 Å². The van der Waals surface area contributed by atoms with Crippen LogP contribution in [0.25, 0.3) is 0 Å². The third-order valence-electron chi connectivity index (χ3n) is 3.39. The van der Waals surface area contributed by atoms with E-state index >= 15 is 0 Å². The van der Waals surface area contributed by atoms with Crippen molar-refractivity contribution in [2.45, 2.75) is 44.9 Å². The van der Waals surface area contributed by atoms with E-state index in [4.69, 9.17) is 0 Å². The van der Waals surface area contributed by atoms with E-state index in [2.05, 4.69) is 47.6 Å². The molecule has 2 rings (SSSR count). The molecule has 1 aliphatic rings. The molecular weight excluding hydrogens is 254 g/mol. The Morgan fingerprint density at radius 2 is 1.95 bits per heavy atom. The highest BCUT2D eigenvalue weighted by Gasteiger charge is 2.32. The maximum absolute atomic E-state index is 12.7. The Bertz CT molecular complexity index is 502. The number of rotatable bonds is 2. The Hall–Kier alpha value is -0.930. The molecule has 2 nitrogen and oxygen atoms in total. The fraction of sp³-hybridized carbons (Fsp3) is 0.500. The van der Waals surface area contributed by atoms with E-state index in [1.54, 1.807) is 0 Å². The summed E-state index contributed by atoms with van der Waals surface area (Å²) in [5.41, 5.74) is 2.52. The molecule has 1 heterocycles. The topological polar surface area (TPSA) is 20.3 Å². The molecule has 0 saturated heterocycles. The van der Waals surface area contributed by atoms with Gasteiger partial charge in [0.2, 0.25) is 0 Å². The van der Waals surface area contributed by atoms with Crippen LogP contribution >= 0.6 is 0 Å². The summed E-state index contributed by atoms with van der Waals surface area (Å²) in [7, 11) is -0.981. The lowest BCUT2D eigenvalue weighted by Crippen LogP contribution is -2.41. The number of aryl methyl sites for hydroxylation is 1. The van der Waals surface area contributed by atoms with Gasteiger partial charge in [-0.2, -0.15) is 0 Å². The van der Waals surface area contributed by atoms with Gasteiger partial charge in [0.05, 0.1) is 10.8 Å². The minimum atomic E-state index is -0.981. The Morgan fingerprint density at radius 3 is 2.58 bits per heavy atom. The molecular formula is C16H23NOS. The molecule has 2 atom stereocenters. The summed E-state index contributed by atoms with van der Waals surface area (Å²) in [5.74, 6) is 0. The second kappa shape index (κ2) is 5.59. The van der Waals surface area contributed by atoms with E-state index in [-0.39, 0.29) is 10.8 Å². The second-order valence-corrected chi connectivity index (χ2v) is 8.21. The molecule has 0 spiro atoms.